The van der Waals surface area contributed by atoms with E-state index in [4.69, 9.17) is 16.7 Å². The van der Waals surface area contributed by atoms with Crippen LogP contribution < -0.4 is 5.32 Å². The smallest absolute Gasteiger partial charge is 0.325 e. The molecule has 0 aliphatic carbocycles. The second-order valence-corrected chi connectivity index (χ2v) is 4.11. The minimum Gasteiger partial charge on any atom is -0.503 e. The molecule has 0 spiro atoms. The second-order valence-electron chi connectivity index (χ2n) is 3.58. The fourth-order valence-corrected chi connectivity index (χ4v) is 1.41. The first-order chi connectivity index (χ1) is 9.29. The van der Waals surface area contributed by atoms with E-state index in [0.717, 1.165) is 7.11 Å². The summed E-state index contributed by atoms with van der Waals surface area (Å²) < 4.78 is 43.5. The van der Waals surface area contributed by atoms with E-state index < -0.39 is 52.6 Å². The number of carbonyl (C=O) groups excluding carboxylic acids is 2. The Morgan fingerprint density at radius 3 is 2.55 bits per heavy atom. The van der Waals surface area contributed by atoms with Gasteiger partial charge < -0.3 is 15.2 Å². The number of nitrogens with one attached hydrogen (secondary N) is 1. The van der Waals surface area contributed by atoms with Gasteiger partial charge in [-0.15, -0.1) is 11.6 Å². The van der Waals surface area contributed by atoms with Crippen molar-refractivity contribution in [3.8, 4) is 5.75 Å². The van der Waals surface area contributed by atoms with Crippen LogP contribution in [0.2, 0.25) is 0 Å². The van der Waals surface area contributed by atoms with Crippen molar-refractivity contribution in [2.75, 3.05) is 13.7 Å². The lowest BCUT2D eigenvalue weighted by atomic mass is 10.1. The van der Waals surface area contributed by atoms with Crippen molar-refractivity contribution in [2.45, 2.75) is 5.38 Å². The van der Waals surface area contributed by atoms with Crippen molar-refractivity contribution in [1.29, 1.82) is 0 Å². The van der Waals surface area contributed by atoms with Gasteiger partial charge in [0.05, 0.1) is 12.7 Å². The van der Waals surface area contributed by atoms with Gasteiger partial charge in [0.1, 0.15) is 5.38 Å². The third kappa shape index (κ3) is 3.32. The SMILES string of the molecule is COC(=O)C(Cl)CNC(=O)c1cc(F)c(F)c(O)c1F. The molecule has 0 saturated carbocycles. The number of hydrogen-bond donors (Lipinski definition) is 2. The van der Waals surface area contributed by atoms with E-state index in [2.05, 4.69) is 4.74 Å². The molecule has 1 rings (SSSR count). The van der Waals surface area contributed by atoms with Crippen molar-refractivity contribution in [1.82, 2.24) is 5.32 Å². The molecular weight excluding hydrogens is 303 g/mol. The standard InChI is InChI=1S/C11H9ClF3NO4/c1-20-11(19)5(12)3-16-10(18)4-2-6(13)8(15)9(17)7(4)14/h2,5,17H,3H2,1H3,(H,16,18). The number of phenolic OH excluding ortho intramolecular Hbond substituents is 1. The molecule has 0 aliphatic rings. The summed E-state index contributed by atoms with van der Waals surface area (Å²) >= 11 is 5.52. The second kappa shape index (κ2) is 6.47. The molecule has 1 aromatic carbocycles. The number of amides is 1. The summed E-state index contributed by atoms with van der Waals surface area (Å²) in [5.41, 5.74) is -0.921. The Morgan fingerprint density at radius 2 is 2.00 bits per heavy atom. The summed E-state index contributed by atoms with van der Waals surface area (Å²) in [4.78, 5) is 22.5. The summed E-state index contributed by atoms with van der Waals surface area (Å²) in [5, 5.41) is 9.74. The minimum atomic E-state index is -1.80. The third-order valence-electron chi connectivity index (χ3n) is 2.28. The third-order valence-corrected chi connectivity index (χ3v) is 2.61. The molecule has 20 heavy (non-hydrogen) atoms. The monoisotopic (exact) mass is 311 g/mol. The number of rotatable bonds is 4. The van der Waals surface area contributed by atoms with E-state index in [1.165, 1.54) is 0 Å². The highest BCUT2D eigenvalue weighted by atomic mass is 35.5. The van der Waals surface area contributed by atoms with Gasteiger partial charge >= 0.3 is 5.97 Å². The first-order valence-electron chi connectivity index (χ1n) is 5.16. The fraction of sp³-hybridized carbons (Fsp3) is 0.273. The van der Waals surface area contributed by atoms with Crippen molar-refractivity contribution in [2.24, 2.45) is 0 Å². The lowest BCUT2D eigenvalue weighted by Gasteiger charge is -2.10. The lowest BCUT2D eigenvalue weighted by molar-refractivity contribution is -0.140. The number of hydrogen-bond acceptors (Lipinski definition) is 4. The number of phenols is 1. The molecule has 0 bridgehead atoms. The lowest BCUT2D eigenvalue weighted by Crippen LogP contribution is -2.34. The number of esters is 1. The molecular formula is C11H9ClF3NO4. The zero-order chi connectivity index (χ0) is 15.4. The van der Waals surface area contributed by atoms with Crippen LogP contribution in [0.3, 0.4) is 0 Å². The van der Waals surface area contributed by atoms with Crippen LogP contribution in [-0.4, -0.2) is 36.0 Å². The topological polar surface area (TPSA) is 75.6 Å². The Hall–Kier alpha value is -1.96. The molecule has 2 N–H and O–H groups in total. The maximum Gasteiger partial charge on any atom is 0.325 e. The first kappa shape index (κ1) is 16.1. The Kier molecular flexibility index (Phi) is 5.20. The number of aromatic hydroxyl groups is 1. The van der Waals surface area contributed by atoms with E-state index in [-0.39, 0.29) is 6.07 Å². The molecule has 9 heteroatoms. The highest BCUT2D eigenvalue weighted by Gasteiger charge is 2.23. The van der Waals surface area contributed by atoms with Crippen LogP contribution in [0.25, 0.3) is 0 Å². The number of alkyl halides is 1. The summed E-state index contributed by atoms with van der Waals surface area (Å²) in [6.45, 7) is -0.424. The van der Waals surface area contributed by atoms with Gasteiger partial charge in [0.25, 0.3) is 5.91 Å². The summed E-state index contributed by atoms with van der Waals surface area (Å²) in [6.07, 6.45) is 0. The number of halogens is 4. The maximum atomic E-state index is 13.4. The van der Waals surface area contributed by atoms with Crippen LogP contribution in [-0.2, 0) is 9.53 Å². The molecule has 110 valence electrons. The predicted molar refractivity (Wildman–Crippen MR) is 62.0 cm³/mol. The fourth-order valence-electron chi connectivity index (χ4n) is 1.24. The van der Waals surface area contributed by atoms with E-state index in [1.807, 2.05) is 5.32 Å². The highest BCUT2D eigenvalue weighted by Crippen LogP contribution is 2.25. The Morgan fingerprint density at radius 1 is 1.40 bits per heavy atom. The number of ether oxygens (including phenoxy) is 1. The van der Waals surface area contributed by atoms with Crippen LogP contribution >= 0.6 is 11.6 Å². The van der Waals surface area contributed by atoms with E-state index in [1.54, 1.807) is 0 Å². The van der Waals surface area contributed by atoms with Crippen LogP contribution in [0, 0.1) is 17.5 Å². The molecule has 1 aromatic rings. The van der Waals surface area contributed by atoms with Crippen LogP contribution in [0.15, 0.2) is 6.07 Å². The molecule has 1 unspecified atom stereocenters. The van der Waals surface area contributed by atoms with Gasteiger partial charge in [-0.25, -0.2) is 8.78 Å². The van der Waals surface area contributed by atoms with Crippen LogP contribution in [0.5, 0.6) is 5.75 Å². The summed E-state index contributed by atoms with van der Waals surface area (Å²) in [7, 11) is 1.08. The highest BCUT2D eigenvalue weighted by molar-refractivity contribution is 6.30. The average molecular weight is 312 g/mol. The van der Waals surface area contributed by atoms with Gasteiger partial charge in [0, 0.05) is 6.54 Å². The molecule has 1 atom stereocenters. The summed E-state index contributed by atoms with van der Waals surface area (Å²) in [5.74, 6) is -8.63. The zero-order valence-electron chi connectivity index (χ0n) is 10.0. The predicted octanol–water partition coefficient (Wildman–Crippen LogP) is 1.32. The molecule has 5 nitrogen and oxygen atoms in total. The molecule has 0 aliphatic heterocycles. The normalized spacial score (nSPS) is 11.8. The first-order valence-corrected chi connectivity index (χ1v) is 5.59. The quantitative estimate of drug-likeness (QED) is 0.499. The van der Waals surface area contributed by atoms with Crippen LogP contribution in [0.1, 0.15) is 10.4 Å². The molecule has 0 heterocycles. The van der Waals surface area contributed by atoms with Gasteiger partial charge in [-0.05, 0) is 6.07 Å². The average Bonchev–Trinajstić information content (AvgIpc) is 2.44. The van der Waals surface area contributed by atoms with Gasteiger partial charge in [0.15, 0.2) is 17.4 Å². The van der Waals surface area contributed by atoms with Gasteiger partial charge in [-0.3, -0.25) is 9.59 Å². The van der Waals surface area contributed by atoms with Gasteiger partial charge in [-0.2, -0.15) is 4.39 Å². The number of methoxy groups -OCH3 is 1. The van der Waals surface area contributed by atoms with E-state index >= 15 is 0 Å². The maximum absolute atomic E-state index is 13.4. The van der Waals surface area contributed by atoms with E-state index in [9.17, 15) is 22.8 Å². The van der Waals surface area contributed by atoms with Gasteiger partial charge in [0.2, 0.25) is 5.82 Å². The largest absolute Gasteiger partial charge is 0.503 e. The van der Waals surface area contributed by atoms with Crippen molar-refractivity contribution < 1.29 is 32.6 Å². The van der Waals surface area contributed by atoms with Crippen molar-refractivity contribution >= 4 is 23.5 Å². The Bertz CT molecular complexity index is 553. The Balaban J connectivity index is 2.86. The number of carbonyl (C=O) groups is 2. The molecule has 0 radical (unpaired) electrons. The van der Waals surface area contributed by atoms with Crippen molar-refractivity contribution in [3.63, 3.8) is 0 Å². The van der Waals surface area contributed by atoms with Crippen LogP contribution in [0.4, 0.5) is 13.2 Å². The Labute approximate surface area is 116 Å². The van der Waals surface area contributed by atoms with Crippen molar-refractivity contribution in [3.05, 3.63) is 29.1 Å². The molecule has 0 fully saturated rings. The van der Waals surface area contributed by atoms with Gasteiger partial charge in [-0.1, -0.05) is 0 Å². The zero-order valence-corrected chi connectivity index (χ0v) is 10.8. The van der Waals surface area contributed by atoms with E-state index in [0.29, 0.717) is 0 Å². The molecule has 0 saturated heterocycles. The minimum absolute atomic E-state index is 0.279. The number of benzene rings is 1. The summed E-state index contributed by atoms with van der Waals surface area (Å²) in [6, 6.07) is 0.279. The molecule has 1 amide bonds. The molecule has 0 aromatic heterocycles.